The van der Waals surface area contributed by atoms with Gasteiger partial charge >= 0.3 is 0 Å². The van der Waals surface area contributed by atoms with Crippen LogP contribution in [0.25, 0.3) is 0 Å². The quantitative estimate of drug-likeness (QED) is 0.792. The molecular weight excluding hydrogens is 347 g/mol. The standard InChI is InChI=1S/C17H22Cl2N4O/c1-17(2,3)14-13(19)15(20)23(21-14)22-16(24)12(10-18)9-11-7-5-4-6-8-11/h4-8,12H,9-10,20H2,1-3H3,(H,22,24). The minimum atomic E-state index is -0.394. The second-order valence-corrected chi connectivity index (χ2v) is 7.41. The number of hydrogen-bond acceptors (Lipinski definition) is 3. The zero-order chi connectivity index (χ0) is 17.9. The van der Waals surface area contributed by atoms with Crippen LogP contribution in [0.3, 0.4) is 0 Å². The molecule has 1 aromatic heterocycles. The summed E-state index contributed by atoms with van der Waals surface area (Å²) in [7, 11) is 0. The summed E-state index contributed by atoms with van der Waals surface area (Å²) >= 11 is 12.2. The summed E-state index contributed by atoms with van der Waals surface area (Å²) in [5.41, 5.74) is 10.0. The third-order valence-electron chi connectivity index (χ3n) is 3.67. The number of nitrogen functional groups attached to an aromatic ring is 1. The number of aromatic nitrogens is 2. The fourth-order valence-electron chi connectivity index (χ4n) is 2.29. The molecule has 1 heterocycles. The highest BCUT2D eigenvalue weighted by atomic mass is 35.5. The van der Waals surface area contributed by atoms with Crippen LogP contribution in [0.5, 0.6) is 0 Å². The van der Waals surface area contributed by atoms with Gasteiger partial charge in [0, 0.05) is 11.3 Å². The highest BCUT2D eigenvalue weighted by molar-refractivity contribution is 6.33. The van der Waals surface area contributed by atoms with E-state index < -0.39 is 5.92 Å². The molecule has 0 spiro atoms. The molecule has 0 saturated carbocycles. The number of amides is 1. The van der Waals surface area contributed by atoms with Crippen LogP contribution in [0.2, 0.25) is 5.02 Å². The number of nitrogens with one attached hydrogen (secondary N) is 1. The summed E-state index contributed by atoms with van der Waals surface area (Å²) in [6.45, 7) is 5.93. The van der Waals surface area contributed by atoms with Crippen LogP contribution in [0.4, 0.5) is 5.82 Å². The summed E-state index contributed by atoms with van der Waals surface area (Å²) in [6.07, 6.45) is 0.539. The van der Waals surface area contributed by atoms with E-state index in [1.54, 1.807) is 0 Å². The van der Waals surface area contributed by atoms with Gasteiger partial charge in [-0.25, -0.2) is 5.43 Å². The fourth-order valence-corrected chi connectivity index (χ4v) is 2.94. The van der Waals surface area contributed by atoms with Crippen molar-refractivity contribution in [2.75, 3.05) is 17.0 Å². The van der Waals surface area contributed by atoms with Crippen molar-refractivity contribution in [1.29, 1.82) is 0 Å². The molecule has 2 aromatic rings. The zero-order valence-corrected chi connectivity index (χ0v) is 15.5. The molecule has 0 aliphatic heterocycles. The van der Waals surface area contributed by atoms with Crippen LogP contribution in [0.1, 0.15) is 32.0 Å². The molecule has 5 nitrogen and oxygen atoms in total. The number of nitrogens with zero attached hydrogens (tertiary/aromatic N) is 2. The Labute approximate surface area is 152 Å². The molecule has 1 amide bonds. The van der Waals surface area contributed by atoms with E-state index in [0.717, 1.165) is 5.56 Å². The highest BCUT2D eigenvalue weighted by Gasteiger charge is 2.26. The fraction of sp³-hybridized carbons (Fsp3) is 0.412. The van der Waals surface area contributed by atoms with Gasteiger partial charge in [0.15, 0.2) is 5.82 Å². The van der Waals surface area contributed by atoms with E-state index in [9.17, 15) is 4.79 Å². The van der Waals surface area contributed by atoms with E-state index in [1.807, 2.05) is 51.1 Å². The molecule has 0 radical (unpaired) electrons. The maximum absolute atomic E-state index is 12.5. The Bertz CT molecular complexity index is 707. The number of alkyl halides is 1. The molecule has 1 atom stereocenters. The van der Waals surface area contributed by atoms with Crippen molar-refractivity contribution in [3.63, 3.8) is 0 Å². The van der Waals surface area contributed by atoms with Crippen LogP contribution in [-0.4, -0.2) is 21.7 Å². The number of halogens is 2. The molecule has 0 aliphatic carbocycles. The van der Waals surface area contributed by atoms with Crippen molar-refractivity contribution in [3.05, 3.63) is 46.6 Å². The molecule has 7 heteroatoms. The van der Waals surface area contributed by atoms with Crippen molar-refractivity contribution in [1.82, 2.24) is 9.89 Å². The number of hydrogen-bond donors (Lipinski definition) is 2. The average molecular weight is 369 g/mol. The molecule has 130 valence electrons. The maximum atomic E-state index is 12.5. The van der Waals surface area contributed by atoms with Crippen molar-refractivity contribution in [3.8, 4) is 0 Å². The van der Waals surface area contributed by atoms with Gasteiger partial charge in [-0.3, -0.25) is 4.79 Å². The highest BCUT2D eigenvalue weighted by Crippen LogP contribution is 2.32. The summed E-state index contributed by atoms with van der Waals surface area (Å²) in [4.78, 5) is 13.7. The lowest BCUT2D eigenvalue weighted by molar-refractivity contribution is -0.120. The normalized spacial score (nSPS) is 12.9. The topological polar surface area (TPSA) is 72.9 Å². The lowest BCUT2D eigenvalue weighted by Crippen LogP contribution is -2.33. The monoisotopic (exact) mass is 368 g/mol. The molecule has 1 unspecified atom stereocenters. The second kappa shape index (κ2) is 7.45. The van der Waals surface area contributed by atoms with Gasteiger partial charge in [0.05, 0.1) is 11.6 Å². The average Bonchev–Trinajstić information content (AvgIpc) is 2.82. The molecule has 1 aromatic carbocycles. The van der Waals surface area contributed by atoms with E-state index in [4.69, 9.17) is 28.9 Å². The Hall–Kier alpha value is -1.72. The SMILES string of the molecule is CC(C)(C)c1nn(NC(=O)C(CCl)Cc2ccccc2)c(N)c1Cl. The Morgan fingerprint density at radius 3 is 2.46 bits per heavy atom. The third kappa shape index (κ3) is 4.22. The van der Waals surface area contributed by atoms with Gasteiger partial charge in [-0.2, -0.15) is 9.89 Å². The predicted octanol–water partition coefficient (Wildman–Crippen LogP) is 3.58. The van der Waals surface area contributed by atoms with Crippen LogP contribution in [-0.2, 0) is 16.6 Å². The lowest BCUT2D eigenvalue weighted by atomic mass is 9.92. The van der Waals surface area contributed by atoms with Gasteiger partial charge in [-0.1, -0.05) is 62.7 Å². The van der Waals surface area contributed by atoms with Gasteiger partial charge < -0.3 is 5.73 Å². The zero-order valence-electron chi connectivity index (χ0n) is 14.0. The Balaban J connectivity index is 2.16. The Kier molecular flexibility index (Phi) is 5.78. The number of anilines is 1. The minimum Gasteiger partial charge on any atom is -0.381 e. The molecular formula is C17H22Cl2N4O. The van der Waals surface area contributed by atoms with Crippen LogP contribution in [0.15, 0.2) is 30.3 Å². The van der Waals surface area contributed by atoms with E-state index in [0.29, 0.717) is 17.1 Å². The van der Waals surface area contributed by atoms with E-state index in [-0.39, 0.29) is 23.0 Å². The molecule has 0 bridgehead atoms. The largest absolute Gasteiger partial charge is 0.381 e. The minimum absolute atomic E-state index is 0.196. The Morgan fingerprint density at radius 2 is 1.96 bits per heavy atom. The molecule has 0 fully saturated rings. The van der Waals surface area contributed by atoms with Crippen molar-refractivity contribution in [2.45, 2.75) is 32.6 Å². The van der Waals surface area contributed by atoms with Crippen molar-refractivity contribution in [2.24, 2.45) is 5.92 Å². The summed E-state index contributed by atoms with van der Waals surface area (Å²) in [6, 6.07) is 9.71. The van der Waals surface area contributed by atoms with E-state index in [2.05, 4.69) is 10.5 Å². The predicted molar refractivity (Wildman–Crippen MR) is 99.1 cm³/mol. The van der Waals surface area contributed by atoms with Gasteiger partial charge in [-0.15, -0.1) is 11.6 Å². The second-order valence-electron chi connectivity index (χ2n) is 6.73. The molecule has 2 rings (SSSR count). The first-order chi connectivity index (χ1) is 11.2. The van der Waals surface area contributed by atoms with Crippen LogP contribution < -0.4 is 11.2 Å². The number of carbonyl (C=O) groups excluding carboxylic acids is 1. The van der Waals surface area contributed by atoms with Crippen LogP contribution in [0, 0.1) is 5.92 Å². The Morgan fingerprint density at radius 1 is 1.33 bits per heavy atom. The van der Waals surface area contributed by atoms with Gasteiger partial charge in [0.2, 0.25) is 5.91 Å². The third-order valence-corrected chi connectivity index (χ3v) is 4.41. The first kappa shape index (κ1) is 18.6. The number of carbonyl (C=O) groups is 1. The van der Waals surface area contributed by atoms with Crippen LogP contribution >= 0.6 is 23.2 Å². The number of nitrogens with two attached hydrogens (primary N) is 1. The number of rotatable bonds is 5. The van der Waals surface area contributed by atoms with E-state index in [1.165, 1.54) is 4.79 Å². The molecule has 3 N–H and O–H groups in total. The van der Waals surface area contributed by atoms with Crippen molar-refractivity contribution < 1.29 is 4.79 Å². The maximum Gasteiger partial charge on any atom is 0.244 e. The summed E-state index contributed by atoms with van der Waals surface area (Å²) in [5, 5.41) is 4.68. The lowest BCUT2D eigenvalue weighted by Gasteiger charge is -2.16. The molecule has 0 aliphatic rings. The first-order valence-corrected chi connectivity index (χ1v) is 8.60. The first-order valence-electron chi connectivity index (χ1n) is 7.69. The summed E-state index contributed by atoms with van der Waals surface area (Å²) < 4.78 is 0. The van der Waals surface area contributed by atoms with E-state index >= 15 is 0 Å². The number of benzene rings is 1. The molecule has 24 heavy (non-hydrogen) atoms. The van der Waals surface area contributed by atoms with Gasteiger partial charge in [-0.05, 0) is 12.0 Å². The van der Waals surface area contributed by atoms with Crippen molar-refractivity contribution >= 4 is 34.9 Å². The smallest absolute Gasteiger partial charge is 0.244 e. The van der Waals surface area contributed by atoms with Gasteiger partial charge in [0.1, 0.15) is 5.02 Å². The molecule has 0 saturated heterocycles. The van der Waals surface area contributed by atoms with Gasteiger partial charge in [0.25, 0.3) is 0 Å². The summed E-state index contributed by atoms with van der Waals surface area (Å²) in [5.74, 6) is -0.237.